The SMILES string of the molecule is CN(C)C/C=C/C(=O)Nc1cccc(CN2CCC(NC(=O)c3[nH]ncc3NC(=O)c3c(Cl)cc(Cl)cc3Cl)CC2)c1. The molecule has 3 aromatic rings. The molecule has 2 heterocycles. The van der Waals surface area contributed by atoms with Crippen molar-refractivity contribution in [3.63, 3.8) is 0 Å². The standard InChI is InChI=1S/C29H32Cl3N7O3/c1-38(2)10-4-7-25(40)34-21-6-3-5-18(13-21)17-39-11-8-20(9-12-39)35-29(42)27-24(16-33-37-27)36-28(41)26-22(31)14-19(30)15-23(26)32/h3-7,13-16,20H,8-12,17H2,1-2H3,(H,33,37)(H,34,40)(H,35,42)(H,36,41)/b7-4+. The maximum Gasteiger partial charge on any atom is 0.271 e. The van der Waals surface area contributed by atoms with Crippen LogP contribution in [0.5, 0.6) is 0 Å². The Morgan fingerprint density at radius 2 is 1.76 bits per heavy atom. The summed E-state index contributed by atoms with van der Waals surface area (Å²) in [5.41, 5.74) is 2.22. The molecule has 0 spiro atoms. The van der Waals surface area contributed by atoms with Gasteiger partial charge in [0.15, 0.2) is 0 Å². The number of piperidine rings is 1. The fourth-order valence-corrected chi connectivity index (χ4v) is 5.54. The van der Waals surface area contributed by atoms with Gasteiger partial charge in [0, 0.05) is 49.0 Å². The van der Waals surface area contributed by atoms with Gasteiger partial charge in [-0.3, -0.25) is 24.4 Å². The molecule has 0 atom stereocenters. The van der Waals surface area contributed by atoms with Gasteiger partial charge in [0.25, 0.3) is 11.8 Å². The van der Waals surface area contributed by atoms with Crippen molar-refractivity contribution in [1.82, 2.24) is 25.3 Å². The van der Waals surface area contributed by atoms with E-state index in [9.17, 15) is 14.4 Å². The predicted molar refractivity (Wildman–Crippen MR) is 167 cm³/mol. The molecule has 4 rings (SSSR count). The third kappa shape index (κ3) is 8.80. The fraction of sp³-hybridized carbons (Fsp3) is 0.310. The van der Waals surface area contributed by atoms with Crippen molar-refractivity contribution in [3.05, 3.63) is 86.6 Å². The number of likely N-dealkylation sites (N-methyl/N-ethyl adjacent to an activating group) is 1. The average Bonchev–Trinajstić information content (AvgIpc) is 3.37. The van der Waals surface area contributed by atoms with Crippen molar-refractivity contribution in [3.8, 4) is 0 Å². The van der Waals surface area contributed by atoms with Crippen LogP contribution in [0.25, 0.3) is 0 Å². The van der Waals surface area contributed by atoms with E-state index in [1.165, 1.54) is 24.4 Å². The van der Waals surface area contributed by atoms with Crippen LogP contribution in [0.15, 0.2) is 54.7 Å². The summed E-state index contributed by atoms with van der Waals surface area (Å²) >= 11 is 18.3. The number of anilines is 2. The van der Waals surface area contributed by atoms with Crippen LogP contribution < -0.4 is 16.0 Å². The van der Waals surface area contributed by atoms with Gasteiger partial charge >= 0.3 is 0 Å². The Hall–Kier alpha value is -3.41. The molecule has 1 aliphatic heterocycles. The second-order valence-electron chi connectivity index (χ2n) is 10.2. The first kappa shape index (κ1) is 31.5. The molecule has 3 amide bonds. The molecule has 10 nitrogen and oxygen atoms in total. The number of halogens is 3. The number of amides is 3. The summed E-state index contributed by atoms with van der Waals surface area (Å²) in [5, 5.41) is 15.6. The Bertz CT molecular complexity index is 1440. The first-order valence-electron chi connectivity index (χ1n) is 13.3. The van der Waals surface area contributed by atoms with Crippen molar-refractivity contribution in [2.75, 3.05) is 44.4 Å². The second-order valence-corrected chi connectivity index (χ2v) is 11.5. The van der Waals surface area contributed by atoms with Crippen molar-refractivity contribution in [1.29, 1.82) is 0 Å². The summed E-state index contributed by atoms with van der Waals surface area (Å²) in [6.07, 6.45) is 6.22. The van der Waals surface area contributed by atoms with Gasteiger partial charge in [-0.15, -0.1) is 0 Å². The summed E-state index contributed by atoms with van der Waals surface area (Å²) in [5.74, 6) is -1.13. The zero-order valence-electron chi connectivity index (χ0n) is 23.2. The number of aromatic amines is 1. The van der Waals surface area contributed by atoms with Crippen LogP contribution in [0, 0.1) is 0 Å². The molecule has 1 saturated heterocycles. The van der Waals surface area contributed by atoms with Crippen LogP contribution in [0.3, 0.4) is 0 Å². The molecule has 13 heteroatoms. The van der Waals surface area contributed by atoms with E-state index in [-0.39, 0.29) is 44.8 Å². The van der Waals surface area contributed by atoms with E-state index in [0.29, 0.717) is 11.6 Å². The predicted octanol–water partition coefficient (Wildman–Crippen LogP) is 5.07. The Balaban J connectivity index is 1.27. The monoisotopic (exact) mass is 631 g/mol. The van der Waals surface area contributed by atoms with Gasteiger partial charge in [-0.1, -0.05) is 53.0 Å². The molecule has 1 aromatic heterocycles. The van der Waals surface area contributed by atoms with Gasteiger partial charge in [-0.25, -0.2) is 0 Å². The molecule has 0 bridgehead atoms. The molecule has 1 fully saturated rings. The minimum atomic E-state index is -0.588. The van der Waals surface area contributed by atoms with Crippen LogP contribution >= 0.6 is 34.8 Å². The maximum absolute atomic E-state index is 13.0. The Kier molecular flexibility index (Phi) is 11.0. The lowest BCUT2D eigenvalue weighted by Crippen LogP contribution is -2.44. The molecule has 42 heavy (non-hydrogen) atoms. The van der Waals surface area contributed by atoms with Crippen LogP contribution in [-0.2, 0) is 11.3 Å². The van der Waals surface area contributed by atoms with Gasteiger partial charge in [0.05, 0.1) is 27.5 Å². The fourth-order valence-electron chi connectivity index (χ4n) is 4.55. The molecule has 0 radical (unpaired) electrons. The first-order chi connectivity index (χ1) is 20.1. The quantitative estimate of drug-likeness (QED) is 0.232. The number of nitrogens with zero attached hydrogens (tertiary/aromatic N) is 3. The summed E-state index contributed by atoms with van der Waals surface area (Å²) < 4.78 is 0. The van der Waals surface area contributed by atoms with E-state index >= 15 is 0 Å². The number of hydrogen-bond acceptors (Lipinski definition) is 6. The summed E-state index contributed by atoms with van der Waals surface area (Å²) in [4.78, 5) is 42.3. The van der Waals surface area contributed by atoms with E-state index in [4.69, 9.17) is 34.8 Å². The number of carbonyl (C=O) groups is 3. The molecule has 222 valence electrons. The lowest BCUT2D eigenvalue weighted by molar-refractivity contribution is -0.111. The lowest BCUT2D eigenvalue weighted by atomic mass is 10.0. The van der Waals surface area contributed by atoms with E-state index in [1.807, 2.05) is 49.3 Å². The summed E-state index contributed by atoms with van der Waals surface area (Å²) in [7, 11) is 3.88. The largest absolute Gasteiger partial charge is 0.348 e. The summed E-state index contributed by atoms with van der Waals surface area (Å²) in [6, 6.07) is 10.6. The highest BCUT2D eigenvalue weighted by atomic mass is 35.5. The lowest BCUT2D eigenvalue weighted by Gasteiger charge is -2.32. The van der Waals surface area contributed by atoms with E-state index in [1.54, 1.807) is 0 Å². The Labute approximate surface area is 259 Å². The molecule has 0 aliphatic carbocycles. The molecule has 1 aliphatic rings. The van der Waals surface area contributed by atoms with Crippen LogP contribution in [0.2, 0.25) is 15.1 Å². The highest BCUT2D eigenvalue weighted by molar-refractivity contribution is 6.42. The number of aromatic nitrogens is 2. The van der Waals surface area contributed by atoms with Crippen molar-refractivity contribution >= 4 is 63.9 Å². The van der Waals surface area contributed by atoms with E-state index in [0.717, 1.165) is 43.7 Å². The van der Waals surface area contributed by atoms with Crippen LogP contribution in [0.4, 0.5) is 11.4 Å². The van der Waals surface area contributed by atoms with Crippen LogP contribution in [0.1, 0.15) is 39.3 Å². The van der Waals surface area contributed by atoms with Crippen LogP contribution in [-0.4, -0.2) is 77.5 Å². The number of rotatable bonds is 10. The number of carbonyl (C=O) groups excluding carboxylic acids is 3. The average molecular weight is 633 g/mol. The smallest absolute Gasteiger partial charge is 0.271 e. The number of H-pyrrole nitrogens is 1. The first-order valence-corrected chi connectivity index (χ1v) is 14.5. The Morgan fingerprint density at radius 3 is 2.45 bits per heavy atom. The number of benzene rings is 2. The minimum Gasteiger partial charge on any atom is -0.348 e. The molecule has 4 N–H and O–H groups in total. The highest BCUT2D eigenvalue weighted by Crippen LogP contribution is 2.30. The molecule has 0 saturated carbocycles. The molecular weight excluding hydrogens is 601 g/mol. The van der Waals surface area contributed by atoms with Gasteiger partial charge in [-0.05, 0) is 56.8 Å². The van der Waals surface area contributed by atoms with Gasteiger partial charge in [-0.2, -0.15) is 5.10 Å². The minimum absolute atomic E-state index is 0.0414. The zero-order valence-corrected chi connectivity index (χ0v) is 25.5. The van der Waals surface area contributed by atoms with Gasteiger partial charge < -0.3 is 20.9 Å². The molecule has 0 unspecified atom stereocenters. The second kappa shape index (κ2) is 14.7. The third-order valence-corrected chi connectivity index (χ3v) is 7.43. The maximum atomic E-state index is 13.0. The van der Waals surface area contributed by atoms with Crippen molar-refractivity contribution < 1.29 is 14.4 Å². The highest BCUT2D eigenvalue weighted by Gasteiger charge is 2.25. The number of hydrogen-bond donors (Lipinski definition) is 4. The number of likely N-dealkylation sites (tertiary alicyclic amines) is 1. The Morgan fingerprint density at radius 1 is 1.05 bits per heavy atom. The van der Waals surface area contributed by atoms with Crippen molar-refractivity contribution in [2.24, 2.45) is 0 Å². The molecule has 2 aromatic carbocycles. The van der Waals surface area contributed by atoms with Crippen molar-refractivity contribution in [2.45, 2.75) is 25.4 Å². The van der Waals surface area contributed by atoms with E-state index < -0.39 is 5.91 Å². The van der Waals surface area contributed by atoms with Gasteiger partial charge in [0.1, 0.15) is 5.69 Å². The zero-order chi connectivity index (χ0) is 30.2. The van der Waals surface area contributed by atoms with Gasteiger partial charge in [0.2, 0.25) is 5.91 Å². The number of nitrogens with one attached hydrogen (secondary N) is 4. The summed E-state index contributed by atoms with van der Waals surface area (Å²) in [6.45, 7) is 3.00. The normalized spacial score (nSPS) is 14.3. The topological polar surface area (TPSA) is 122 Å². The molecular formula is C29H32Cl3N7O3. The van der Waals surface area contributed by atoms with E-state index in [2.05, 4.69) is 31.0 Å². The third-order valence-electron chi connectivity index (χ3n) is 6.61.